The highest BCUT2D eigenvalue weighted by molar-refractivity contribution is 5.50. The lowest BCUT2D eigenvalue weighted by Gasteiger charge is -2.23. The number of hydrogen-bond donors (Lipinski definition) is 1. The van der Waals surface area contributed by atoms with Crippen LogP contribution in [0.3, 0.4) is 0 Å². The average molecular weight is 222 g/mol. The summed E-state index contributed by atoms with van der Waals surface area (Å²) in [7, 11) is 2.02. The average Bonchev–Trinajstić information content (AvgIpc) is 2.48. The summed E-state index contributed by atoms with van der Waals surface area (Å²) < 4.78 is 1.99. The van der Waals surface area contributed by atoms with Gasteiger partial charge in [-0.25, -0.2) is 0 Å². The molecule has 90 valence electrons. The fraction of sp³-hybridized carbons (Fsp3) is 0.750. The smallest absolute Gasteiger partial charge is 0.131 e. The quantitative estimate of drug-likeness (QED) is 0.826. The van der Waals surface area contributed by atoms with Gasteiger partial charge in [-0.05, 0) is 19.8 Å². The molecular weight excluding hydrogens is 200 g/mol. The van der Waals surface area contributed by atoms with Gasteiger partial charge in [-0.15, -0.1) is 0 Å². The molecule has 0 radical (unpaired) electrons. The highest BCUT2D eigenvalue weighted by Crippen LogP contribution is 2.25. The summed E-state index contributed by atoms with van der Waals surface area (Å²) in [5.74, 6) is 1.24. The molecule has 1 fully saturated rings. The van der Waals surface area contributed by atoms with Crippen molar-refractivity contribution in [3.05, 3.63) is 11.3 Å². The molecule has 1 aliphatic rings. The van der Waals surface area contributed by atoms with Gasteiger partial charge in [0.05, 0.1) is 5.69 Å². The summed E-state index contributed by atoms with van der Waals surface area (Å²) in [4.78, 5) is 2.45. The van der Waals surface area contributed by atoms with Crippen LogP contribution < -0.4 is 10.6 Å². The molecular formula is C12H22N4. The van der Waals surface area contributed by atoms with Crippen LogP contribution in [0.2, 0.25) is 0 Å². The van der Waals surface area contributed by atoms with Crippen molar-refractivity contribution in [2.45, 2.75) is 39.2 Å². The second kappa shape index (κ2) is 4.87. The van der Waals surface area contributed by atoms with E-state index in [0.717, 1.165) is 18.8 Å². The van der Waals surface area contributed by atoms with Crippen LogP contribution in [0.1, 0.15) is 36.9 Å². The molecule has 0 bridgehead atoms. The van der Waals surface area contributed by atoms with Crippen molar-refractivity contribution in [3.8, 4) is 0 Å². The van der Waals surface area contributed by atoms with Crippen LogP contribution in [0, 0.1) is 6.92 Å². The van der Waals surface area contributed by atoms with Crippen molar-refractivity contribution < 1.29 is 0 Å². The molecule has 0 amide bonds. The summed E-state index contributed by atoms with van der Waals surface area (Å²) >= 11 is 0. The minimum Gasteiger partial charge on any atom is -0.357 e. The largest absolute Gasteiger partial charge is 0.357 e. The van der Waals surface area contributed by atoms with Crippen molar-refractivity contribution in [1.82, 2.24) is 9.78 Å². The van der Waals surface area contributed by atoms with Gasteiger partial charge >= 0.3 is 0 Å². The third kappa shape index (κ3) is 2.07. The molecule has 2 N–H and O–H groups in total. The third-order valence-electron chi connectivity index (χ3n) is 3.42. The Morgan fingerprint density at radius 2 is 1.81 bits per heavy atom. The molecule has 0 aliphatic carbocycles. The van der Waals surface area contributed by atoms with Gasteiger partial charge in [0.15, 0.2) is 0 Å². The first-order valence-corrected chi connectivity index (χ1v) is 6.21. The molecule has 0 spiro atoms. The van der Waals surface area contributed by atoms with Crippen LogP contribution in [0.15, 0.2) is 0 Å². The predicted octanol–water partition coefficient (Wildman–Crippen LogP) is 1.57. The second-order valence-electron chi connectivity index (χ2n) is 4.62. The summed E-state index contributed by atoms with van der Waals surface area (Å²) in [6.07, 6.45) is 5.28. The molecule has 2 heterocycles. The fourth-order valence-corrected chi connectivity index (χ4v) is 2.61. The summed E-state index contributed by atoms with van der Waals surface area (Å²) in [6, 6.07) is 0. The van der Waals surface area contributed by atoms with Gasteiger partial charge in [0.2, 0.25) is 0 Å². The monoisotopic (exact) mass is 222 g/mol. The Morgan fingerprint density at radius 1 is 1.19 bits per heavy atom. The van der Waals surface area contributed by atoms with E-state index in [-0.39, 0.29) is 0 Å². The number of rotatable bonds is 2. The lowest BCUT2D eigenvalue weighted by Crippen LogP contribution is -2.27. The van der Waals surface area contributed by atoms with E-state index < -0.39 is 0 Å². The predicted molar refractivity (Wildman–Crippen MR) is 66.5 cm³/mol. The van der Waals surface area contributed by atoms with Gasteiger partial charge in [-0.2, -0.15) is 5.10 Å². The minimum atomic E-state index is 0.589. The van der Waals surface area contributed by atoms with Crippen molar-refractivity contribution in [2.24, 2.45) is 12.8 Å². The van der Waals surface area contributed by atoms with E-state index in [9.17, 15) is 0 Å². The Kier molecular flexibility index (Phi) is 3.49. The summed E-state index contributed by atoms with van der Waals surface area (Å²) in [5.41, 5.74) is 8.12. The molecule has 1 aromatic heterocycles. The van der Waals surface area contributed by atoms with Gasteiger partial charge in [0, 0.05) is 32.2 Å². The van der Waals surface area contributed by atoms with Crippen LogP contribution in [0.5, 0.6) is 0 Å². The molecule has 1 saturated heterocycles. The highest BCUT2D eigenvalue weighted by atomic mass is 15.4. The summed E-state index contributed by atoms with van der Waals surface area (Å²) in [5, 5.41) is 4.48. The van der Waals surface area contributed by atoms with Crippen molar-refractivity contribution >= 4 is 5.82 Å². The highest BCUT2D eigenvalue weighted by Gasteiger charge is 2.19. The maximum Gasteiger partial charge on any atom is 0.131 e. The van der Waals surface area contributed by atoms with Crippen LogP contribution in [0.25, 0.3) is 0 Å². The van der Waals surface area contributed by atoms with Crippen LogP contribution in [0.4, 0.5) is 5.82 Å². The van der Waals surface area contributed by atoms with E-state index in [4.69, 9.17) is 5.73 Å². The van der Waals surface area contributed by atoms with Crippen molar-refractivity contribution in [3.63, 3.8) is 0 Å². The Morgan fingerprint density at radius 3 is 2.38 bits per heavy atom. The maximum absolute atomic E-state index is 5.83. The Hall–Kier alpha value is -1.03. The Bertz CT molecular complexity index is 348. The van der Waals surface area contributed by atoms with Gasteiger partial charge in [-0.3, -0.25) is 4.68 Å². The van der Waals surface area contributed by atoms with E-state index in [0.29, 0.717) is 6.54 Å². The molecule has 0 unspecified atom stereocenters. The molecule has 1 aromatic rings. The standard InChI is InChI=1S/C12H22N4/c1-10-11(9-13)12(15(2)14-10)16-7-5-3-4-6-8-16/h3-9,13H2,1-2H3. The van der Waals surface area contributed by atoms with E-state index in [1.165, 1.54) is 37.1 Å². The SMILES string of the molecule is Cc1nn(C)c(N2CCCCCC2)c1CN. The molecule has 0 aromatic carbocycles. The first kappa shape index (κ1) is 11.5. The molecule has 4 nitrogen and oxygen atoms in total. The Balaban J connectivity index is 2.29. The zero-order valence-corrected chi connectivity index (χ0v) is 10.4. The normalized spacial score (nSPS) is 17.6. The Labute approximate surface area is 97.4 Å². The minimum absolute atomic E-state index is 0.589. The maximum atomic E-state index is 5.83. The fourth-order valence-electron chi connectivity index (χ4n) is 2.61. The van der Waals surface area contributed by atoms with Gasteiger partial charge in [0.1, 0.15) is 5.82 Å². The first-order chi connectivity index (χ1) is 7.74. The van der Waals surface area contributed by atoms with E-state index in [2.05, 4.69) is 10.00 Å². The molecule has 0 atom stereocenters. The second-order valence-corrected chi connectivity index (χ2v) is 4.62. The zero-order chi connectivity index (χ0) is 11.5. The number of hydrogen-bond acceptors (Lipinski definition) is 3. The molecule has 16 heavy (non-hydrogen) atoms. The number of aryl methyl sites for hydroxylation is 2. The lowest BCUT2D eigenvalue weighted by atomic mass is 10.2. The number of nitrogens with two attached hydrogens (primary N) is 1. The van der Waals surface area contributed by atoms with Gasteiger partial charge in [-0.1, -0.05) is 12.8 Å². The topological polar surface area (TPSA) is 47.1 Å². The van der Waals surface area contributed by atoms with E-state index in [1.807, 2.05) is 18.7 Å². The van der Waals surface area contributed by atoms with E-state index in [1.54, 1.807) is 0 Å². The van der Waals surface area contributed by atoms with Gasteiger partial charge < -0.3 is 10.6 Å². The molecule has 4 heteroatoms. The number of anilines is 1. The van der Waals surface area contributed by atoms with Crippen LogP contribution in [-0.4, -0.2) is 22.9 Å². The third-order valence-corrected chi connectivity index (χ3v) is 3.42. The van der Waals surface area contributed by atoms with Crippen molar-refractivity contribution in [1.29, 1.82) is 0 Å². The van der Waals surface area contributed by atoms with Crippen LogP contribution in [-0.2, 0) is 13.6 Å². The van der Waals surface area contributed by atoms with Crippen LogP contribution >= 0.6 is 0 Å². The molecule has 0 saturated carbocycles. The molecule has 1 aliphatic heterocycles. The lowest BCUT2D eigenvalue weighted by molar-refractivity contribution is 0.695. The van der Waals surface area contributed by atoms with E-state index >= 15 is 0 Å². The number of nitrogens with zero attached hydrogens (tertiary/aromatic N) is 3. The molecule has 2 rings (SSSR count). The first-order valence-electron chi connectivity index (χ1n) is 6.21. The van der Waals surface area contributed by atoms with Crippen molar-refractivity contribution in [2.75, 3.05) is 18.0 Å². The number of aromatic nitrogens is 2. The zero-order valence-electron chi connectivity index (χ0n) is 10.4. The van der Waals surface area contributed by atoms with Gasteiger partial charge in [0.25, 0.3) is 0 Å². The summed E-state index contributed by atoms with van der Waals surface area (Å²) in [6.45, 7) is 4.92.